The average Bonchev–Trinajstić information content (AvgIpc) is 3.11. The van der Waals surface area contributed by atoms with E-state index in [4.69, 9.17) is 4.98 Å². The Morgan fingerprint density at radius 3 is 2.58 bits per heavy atom. The summed E-state index contributed by atoms with van der Waals surface area (Å²) in [7, 11) is -0.211. The van der Waals surface area contributed by atoms with Crippen molar-refractivity contribution < 1.29 is 8.42 Å². The van der Waals surface area contributed by atoms with E-state index in [0.29, 0.717) is 13.1 Å². The minimum absolute atomic E-state index is 0.224. The zero-order valence-corrected chi connectivity index (χ0v) is 16.4. The molecule has 0 aliphatic carbocycles. The summed E-state index contributed by atoms with van der Waals surface area (Å²) in [4.78, 5) is 9.12. The van der Waals surface area contributed by atoms with Crippen LogP contribution in [0.3, 0.4) is 0 Å². The normalized spacial score (nSPS) is 17.1. The monoisotopic (exact) mass is 378 g/mol. The van der Waals surface area contributed by atoms with Crippen molar-refractivity contribution in [1.29, 1.82) is 0 Å². The second kappa shape index (κ2) is 7.81. The van der Waals surface area contributed by atoms with Crippen molar-refractivity contribution in [2.24, 2.45) is 0 Å². The van der Waals surface area contributed by atoms with Gasteiger partial charge in [-0.15, -0.1) is 0 Å². The Labute approximate surface area is 155 Å². The molecule has 2 aromatic rings. The minimum atomic E-state index is -3.34. The molecule has 1 saturated heterocycles. The molecule has 1 aliphatic rings. The van der Waals surface area contributed by atoms with Crippen molar-refractivity contribution in [3.05, 3.63) is 30.5 Å². The first kappa shape index (κ1) is 18.9. The minimum Gasteiger partial charge on any atom is -0.272 e. The van der Waals surface area contributed by atoms with Crippen molar-refractivity contribution in [2.75, 3.05) is 27.2 Å². The van der Waals surface area contributed by atoms with Gasteiger partial charge in [-0.25, -0.2) is 4.98 Å². The molecule has 9 heteroatoms. The molecule has 0 unspecified atom stereocenters. The highest BCUT2D eigenvalue weighted by Gasteiger charge is 2.30. The molecule has 1 aliphatic heterocycles. The molecule has 3 rings (SSSR count). The third-order valence-electron chi connectivity index (χ3n) is 4.69. The molecule has 0 spiro atoms. The lowest BCUT2D eigenvalue weighted by Crippen LogP contribution is -2.44. The smallest absolute Gasteiger partial charge is 0.272 e. The molecule has 1 fully saturated rings. The Morgan fingerprint density at radius 2 is 1.92 bits per heavy atom. The highest BCUT2D eigenvalue weighted by atomic mass is 32.2. The van der Waals surface area contributed by atoms with Crippen molar-refractivity contribution in [3.8, 4) is 11.3 Å². The maximum Gasteiger partial charge on any atom is 0.281 e. The number of aromatic nitrogens is 4. The third-order valence-corrected chi connectivity index (χ3v) is 6.64. The lowest BCUT2D eigenvalue weighted by Gasteiger charge is -2.32. The fourth-order valence-electron chi connectivity index (χ4n) is 3.18. The van der Waals surface area contributed by atoms with Crippen molar-refractivity contribution >= 4 is 10.2 Å². The molecule has 0 aromatic carbocycles. The lowest BCUT2D eigenvalue weighted by atomic mass is 9.95. The summed E-state index contributed by atoms with van der Waals surface area (Å²) in [5.74, 6) is 0.224. The Hall–Kier alpha value is -1.84. The van der Waals surface area contributed by atoms with Gasteiger partial charge in [0, 0.05) is 57.6 Å². The second-order valence-electron chi connectivity index (χ2n) is 6.78. The van der Waals surface area contributed by atoms with Crippen molar-refractivity contribution in [3.63, 3.8) is 0 Å². The fraction of sp³-hybridized carbons (Fsp3) is 0.588. The number of nitrogens with zero attached hydrogens (tertiary/aromatic N) is 6. The molecule has 2 aromatic heterocycles. The number of rotatable bonds is 6. The van der Waals surface area contributed by atoms with Crippen LogP contribution in [0.25, 0.3) is 11.3 Å². The predicted octanol–water partition coefficient (Wildman–Crippen LogP) is 1.74. The van der Waals surface area contributed by atoms with Gasteiger partial charge in [0.15, 0.2) is 0 Å². The van der Waals surface area contributed by atoms with Gasteiger partial charge in [-0.1, -0.05) is 6.92 Å². The summed E-state index contributed by atoms with van der Waals surface area (Å²) in [5, 5.41) is 4.35. The van der Waals surface area contributed by atoms with Crippen LogP contribution >= 0.6 is 0 Å². The zero-order chi connectivity index (χ0) is 18.7. The van der Waals surface area contributed by atoms with Crippen molar-refractivity contribution in [2.45, 2.75) is 38.6 Å². The highest BCUT2D eigenvalue weighted by Crippen LogP contribution is 2.29. The summed E-state index contributed by atoms with van der Waals surface area (Å²) in [6.07, 6.45) is 9.88. The summed E-state index contributed by atoms with van der Waals surface area (Å²) in [6, 6.07) is 0. The van der Waals surface area contributed by atoms with Gasteiger partial charge in [0.2, 0.25) is 0 Å². The standard InChI is InChI=1S/C17H26N6O2S/c1-4-7-22-13-15(10-19-22)17-12-18-11-16(20-17)14-5-8-23(9-6-14)26(24,25)21(2)3/h10-14H,4-9H2,1-3H3. The first-order valence-electron chi connectivity index (χ1n) is 8.94. The van der Waals surface area contributed by atoms with Crippen LogP contribution in [0.2, 0.25) is 0 Å². The molecule has 0 radical (unpaired) electrons. The summed E-state index contributed by atoms with van der Waals surface area (Å²) >= 11 is 0. The molecular formula is C17H26N6O2S. The Morgan fingerprint density at radius 1 is 1.19 bits per heavy atom. The van der Waals surface area contributed by atoms with Crippen LogP contribution in [0.1, 0.15) is 37.8 Å². The number of hydrogen-bond donors (Lipinski definition) is 0. The van der Waals surface area contributed by atoms with Crippen LogP contribution < -0.4 is 0 Å². The van der Waals surface area contributed by atoms with Gasteiger partial charge in [-0.05, 0) is 19.3 Å². The van der Waals surface area contributed by atoms with Gasteiger partial charge < -0.3 is 0 Å². The molecule has 0 atom stereocenters. The van der Waals surface area contributed by atoms with Crippen LogP contribution in [0.4, 0.5) is 0 Å². The van der Waals surface area contributed by atoms with Crippen LogP contribution in [-0.2, 0) is 16.8 Å². The summed E-state index contributed by atoms with van der Waals surface area (Å²) in [6.45, 7) is 4.01. The average molecular weight is 379 g/mol. The van der Waals surface area contributed by atoms with E-state index in [1.807, 2.05) is 17.1 Å². The van der Waals surface area contributed by atoms with Gasteiger partial charge in [-0.3, -0.25) is 9.67 Å². The maximum absolute atomic E-state index is 12.2. The zero-order valence-electron chi connectivity index (χ0n) is 15.5. The predicted molar refractivity (Wildman–Crippen MR) is 99.7 cm³/mol. The SMILES string of the molecule is CCCn1cc(-c2cncc(C3CCN(S(=O)(=O)N(C)C)CC3)n2)cn1. The Balaban J connectivity index is 1.71. The van der Waals surface area contributed by atoms with E-state index in [1.54, 1.807) is 26.5 Å². The molecule has 26 heavy (non-hydrogen) atoms. The van der Waals surface area contributed by atoms with Gasteiger partial charge in [-0.2, -0.15) is 22.1 Å². The van der Waals surface area contributed by atoms with E-state index in [2.05, 4.69) is 17.0 Å². The molecule has 142 valence electrons. The van der Waals surface area contributed by atoms with Crippen LogP contribution in [0.5, 0.6) is 0 Å². The topological polar surface area (TPSA) is 84.2 Å². The number of piperidine rings is 1. The second-order valence-corrected chi connectivity index (χ2v) is 8.93. The van der Waals surface area contributed by atoms with Gasteiger partial charge >= 0.3 is 0 Å². The van der Waals surface area contributed by atoms with E-state index in [9.17, 15) is 8.42 Å². The van der Waals surface area contributed by atoms with Gasteiger partial charge in [0.1, 0.15) is 0 Å². The van der Waals surface area contributed by atoms with E-state index < -0.39 is 10.2 Å². The van der Waals surface area contributed by atoms with Gasteiger partial charge in [0.05, 0.1) is 23.8 Å². The molecule has 0 bridgehead atoms. The molecule has 0 saturated carbocycles. The third kappa shape index (κ3) is 3.94. The fourth-order valence-corrected chi connectivity index (χ4v) is 4.31. The molecule has 3 heterocycles. The Bertz CT molecular complexity index is 840. The quantitative estimate of drug-likeness (QED) is 0.764. The maximum atomic E-state index is 12.2. The first-order valence-corrected chi connectivity index (χ1v) is 10.3. The Kier molecular flexibility index (Phi) is 5.69. The van der Waals surface area contributed by atoms with Crippen LogP contribution in [-0.4, -0.2) is 64.0 Å². The summed E-state index contributed by atoms with van der Waals surface area (Å²) in [5.41, 5.74) is 2.70. The van der Waals surface area contributed by atoms with Gasteiger partial charge in [0.25, 0.3) is 10.2 Å². The van der Waals surface area contributed by atoms with Crippen LogP contribution in [0, 0.1) is 0 Å². The van der Waals surface area contributed by atoms with Crippen LogP contribution in [0.15, 0.2) is 24.8 Å². The number of aryl methyl sites for hydroxylation is 1. The van der Waals surface area contributed by atoms with E-state index in [1.165, 1.54) is 8.61 Å². The van der Waals surface area contributed by atoms with E-state index in [0.717, 1.165) is 42.8 Å². The van der Waals surface area contributed by atoms with Crippen molar-refractivity contribution in [1.82, 2.24) is 28.4 Å². The molecule has 8 nitrogen and oxygen atoms in total. The first-order chi connectivity index (χ1) is 12.4. The molecular weight excluding hydrogens is 352 g/mol. The summed E-state index contributed by atoms with van der Waals surface area (Å²) < 4.78 is 29.2. The van der Waals surface area contributed by atoms with E-state index in [-0.39, 0.29) is 5.92 Å². The molecule has 0 N–H and O–H groups in total. The number of hydrogen-bond acceptors (Lipinski definition) is 5. The molecule has 0 amide bonds. The highest BCUT2D eigenvalue weighted by molar-refractivity contribution is 7.86. The largest absolute Gasteiger partial charge is 0.281 e. The van der Waals surface area contributed by atoms with E-state index >= 15 is 0 Å². The lowest BCUT2D eigenvalue weighted by molar-refractivity contribution is 0.300.